The number of nitrogen functional groups attached to an aromatic ring is 1. The molecule has 0 saturated carbocycles. The summed E-state index contributed by atoms with van der Waals surface area (Å²) in [6.07, 6.45) is 0. The predicted octanol–water partition coefficient (Wildman–Crippen LogP) is 3.03. The molecule has 6 nitrogen and oxygen atoms in total. The number of benzene rings is 1. The highest BCUT2D eigenvalue weighted by Gasteiger charge is 2.17. The Kier molecular flexibility index (Phi) is 4.49. The number of aromatic nitrogens is 4. The van der Waals surface area contributed by atoms with Gasteiger partial charge in [-0.25, -0.2) is 14.6 Å². The van der Waals surface area contributed by atoms with Gasteiger partial charge in [0.25, 0.3) is 0 Å². The highest BCUT2D eigenvalue weighted by Crippen LogP contribution is 2.26. The summed E-state index contributed by atoms with van der Waals surface area (Å²) in [6, 6.07) is 13.7. The van der Waals surface area contributed by atoms with E-state index in [1.165, 1.54) is 11.8 Å². The van der Waals surface area contributed by atoms with Crippen LogP contribution in [0.1, 0.15) is 22.6 Å². The number of rotatable bonds is 4. The Labute approximate surface area is 144 Å². The number of para-hydroxylation sites is 1. The van der Waals surface area contributed by atoms with Gasteiger partial charge in [-0.3, -0.25) is 0 Å². The van der Waals surface area contributed by atoms with Gasteiger partial charge in [-0.1, -0.05) is 30.0 Å². The summed E-state index contributed by atoms with van der Waals surface area (Å²) in [7, 11) is 0. The Bertz CT molecular complexity index is 891. The van der Waals surface area contributed by atoms with Crippen molar-refractivity contribution in [2.45, 2.75) is 24.8 Å². The van der Waals surface area contributed by atoms with Crippen molar-refractivity contribution in [3.8, 4) is 11.8 Å². The lowest BCUT2D eigenvalue weighted by Gasteiger charge is -2.08. The topological polar surface area (TPSA) is 93.4 Å². The van der Waals surface area contributed by atoms with Crippen molar-refractivity contribution in [3.63, 3.8) is 0 Å². The summed E-state index contributed by atoms with van der Waals surface area (Å²) >= 11 is 1.44. The van der Waals surface area contributed by atoms with E-state index in [9.17, 15) is 5.26 Å². The minimum Gasteiger partial charge on any atom is -0.384 e. The fraction of sp³-hybridized carbons (Fsp3) is 0.176. The summed E-state index contributed by atoms with van der Waals surface area (Å²) < 4.78 is 1.81. The highest BCUT2D eigenvalue weighted by molar-refractivity contribution is 7.98. The fourth-order valence-corrected chi connectivity index (χ4v) is 3.31. The average Bonchev–Trinajstić information content (AvgIpc) is 2.88. The van der Waals surface area contributed by atoms with E-state index >= 15 is 0 Å². The van der Waals surface area contributed by atoms with Gasteiger partial charge in [-0.2, -0.15) is 10.4 Å². The van der Waals surface area contributed by atoms with Gasteiger partial charge in [-0.15, -0.1) is 0 Å². The van der Waals surface area contributed by atoms with E-state index in [-0.39, 0.29) is 0 Å². The summed E-state index contributed by atoms with van der Waals surface area (Å²) in [5.74, 6) is 0.972. The number of hydrogen-bond donors (Lipinski definition) is 1. The second-order valence-corrected chi connectivity index (χ2v) is 6.21. The number of thioether (sulfide) groups is 1. The van der Waals surface area contributed by atoms with Crippen LogP contribution in [0.2, 0.25) is 0 Å². The Balaban J connectivity index is 1.96. The first-order valence-corrected chi connectivity index (χ1v) is 8.35. The molecule has 0 amide bonds. The van der Waals surface area contributed by atoms with Gasteiger partial charge < -0.3 is 5.73 Å². The molecule has 0 radical (unpaired) electrons. The largest absolute Gasteiger partial charge is 0.384 e. The lowest BCUT2D eigenvalue weighted by molar-refractivity contribution is 0.827. The van der Waals surface area contributed by atoms with E-state index in [4.69, 9.17) is 5.73 Å². The third-order valence-corrected chi connectivity index (χ3v) is 4.32. The van der Waals surface area contributed by atoms with E-state index in [0.29, 0.717) is 28.0 Å². The molecule has 24 heavy (non-hydrogen) atoms. The zero-order valence-electron chi connectivity index (χ0n) is 13.4. The van der Waals surface area contributed by atoms with Gasteiger partial charge in [0.1, 0.15) is 11.9 Å². The fourth-order valence-electron chi connectivity index (χ4n) is 2.40. The lowest BCUT2D eigenvalue weighted by atomic mass is 10.2. The number of nitriles is 1. The van der Waals surface area contributed by atoms with Crippen LogP contribution in [0, 0.1) is 25.2 Å². The van der Waals surface area contributed by atoms with E-state index in [2.05, 4.69) is 21.1 Å². The minimum absolute atomic E-state index is 0.443. The van der Waals surface area contributed by atoms with Gasteiger partial charge in [-0.05, 0) is 26.0 Å². The molecule has 1 aromatic carbocycles. The number of hydrogen-bond acceptors (Lipinski definition) is 6. The Morgan fingerprint density at radius 2 is 1.96 bits per heavy atom. The van der Waals surface area contributed by atoms with Crippen LogP contribution in [0.5, 0.6) is 0 Å². The van der Waals surface area contributed by atoms with Gasteiger partial charge in [0.05, 0.1) is 22.6 Å². The molecular formula is C17H16N6S. The third-order valence-electron chi connectivity index (χ3n) is 3.46. The van der Waals surface area contributed by atoms with Crippen LogP contribution < -0.4 is 5.73 Å². The number of anilines is 1. The van der Waals surface area contributed by atoms with Crippen molar-refractivity contribution in [2.24, 2.45) is 0 Å². The summed E-state index contributed by atoms with van der Waals surface area (Å²) in [4.78, 5) is 8.60. The molecule has 2 aromatic heterocycles. The molecule has 2 N–H and O–H groups in total. The second kappa shape index (κ2) is 6.72. The first kappa shape index (κ1) is 16.0. The van der Waals surface area contributed by atoms with Crippen molar-refractivity contribution in [3.05, 3.63) is 59.0 Å². The lowest BCUT2D eigenvalue weighted by Crippen LogP contribution is -2.03. The Hall–Kier alpha value is -2.85. The SMILES string of the molecule is Cc1cc(N)nc(SCc2c(C#N)c(C)nn2-c2ccccc2)n1. The molecule has 120 valence electrons. The van der Waals surface area contributed by atoms with Crippen LogP contribution in [-0.2, 0) is 5.75 Å². The van der Waals surface area contributed by atoms with Crippen LogP contribution in [0.3, 0.4) is 0 Å². The molecular weight excluding hydrogens is 320 g/mol. The Morgan fingerprint density at radius 1 is 1.21 bits per heavy atom. The monoisotopic (exact) mass is 336 g/mol. The van der Waals surface area contributed by atoms with E-state index in [1.807, 2.05) is 44.2 Å². The van der Waals surface area contributed by atoms with Crippen molar-refractivity contribution >= 4 is 17.6 Å². The molecule has 3 rings (SSSR count). The van der Waals surface area contributed by atoms with Crippen molar-refractivity contribution in [1.82, 2.24) is 19.7 Å². The number of aryl methyl sites for hydroxylation is 2. The van der Waals surface area contributed by atoms with Gasteiger partial charge in [0, 0.05) is 17.5 Å². The highest BCUT2D eigenvalue weighted by atomic mass is 32.2. The van der Waals surface area contributed by atoms with Crippen LogP contribution in [0.4, 0.5) is 5.82 Å². The van der Waals surface area contributed by atoms with Crippen molar-refractivity contribution in [2.75, 3.05) is 5.73 Å². The van der Waals surface area contributed by atoms with Crippen molar-refractivity contribution < 1.29 is 0 Å². The van der Waals surface area contributed by atoms with Crippen LogP contribution >= 0.6 is 11.8 Å². The van der Waals surface area contributed by atoms with E-state index in [0.717, 1.165) is 17.1 Å². The van der Waals surface area contributed by atoms with Gasteiger partial charge in [0.15, 0.2) is 5.16 Å². The molecule has 0 bridgehead atoms. The summed E-state index contributed by atoms with van der Waals surface area (Å²) in [5.41, 5.74) is 9.64. The van der Waals surface area contributed by atoms with Crippen LogP contribution in [-0.4, -0.2) is 19.7 Å². The molecule has 0 fully saturated rings. The maximum Gasteiger partial charge on any atom is 0.190 e. The predicted molar refractivity (Wildman–Crippen MR) is 93.8 cm³/mol. The smallest absolute Gasteiger partial charge is 0.190 e. The molecule has 0 atom stereocenters. The molecule has 0 saturated heterocycles. The van der Waals surface area contributed by atoms with Gasteiger partial charge in [0.2, 0.25) is 0 Å². The number of nitrogens with two attached hydrogens (primary N) is 1. The molecule has 0 unspecified atom stereocenters. The summed E-state index contributed by atoms with van der Waals surface area (Å²) in [6.45, 7) is 3.72. The molecule has 7 heteroatoms. The first-order valence-electron chi connectivity index (χ1n) is 7.36. The van der Waals surface area contributed by atoms with E-state index in [1.54, 1.807) is 10.7 Å². The second-order valence-electron chi connectivity index (χ2n) is 5.27. The third kappa shape index (κ3) is 3.24. The van der Waals surface area contributed by atoms with Crippen molar-refractivity contribution in [1.29, 1.82) is 5.26 Å². The number of nitrogens with zero attached hydrogens (tertiary/aromatic N) is 5. The van der Waals surface area contributed by atoms with E-state index < -0.39 is 0 Å². The van der Waals surface area contributed by atoms with Gasteiger partial charge >= 0.3 is 0 Å². The normalized spacial score (nSPS) is 10.5. The Morgan fingerprint density at radius 3 is 2.62 bits per heavy atom. The molecule has 0 spiro atoms. The molecule has 0 aliphatic heterocycles. The maximum atomic E-state index is 9.48. The standard InChI is InChI=1S/C17H16N6S/c1-11-8-16(19)21-17(20-11)24-10-15-14(9-18)12(2)22-23(15)13-6-4-3-5-7-13/h3-8H,10H2,1-2H3,(H2,19,20,21). The molecule has 0 aliphatic carbocycles. The molecule has 2 heterocycles. The quantitative estimate of drug-likeness (QED) is 0.581. The average molecular weight is 336 g/mol. The maximum absolute atomic E-state index is 9.48. The van der Waals surface area contributed by atoms with Crippen LogP contribution in [0.25, 0.3) is 5.69 Å². The minimum atomic E-state index is 0.443. The zero-order chi connectivity index (χ0) is 17.1. The zero-order valence-corrected chi connectivity index (χ0v) is 14.2. The van der Waals surface area contributed by atoms with Crippen LogP contribution in [0.15, 0.2) is 41.6 Å². The first-order chi connectivity index (χ1) is 11.6. The molecule has 0 aliphatic rings. The molecule has 3 aromatic rings. The summed E-state index contributed by atoms with van der Waals surface area (Å²) in [5, 5.41) is 14.6.